The highest BCUT2D eigenvalue weighted by atomic mass is 79.9. The van der Waals surface area contributed by atoms with E-state index in [0.29, 0.717) is 17.9 Å². The van der Waals surface area contributed by atoms with E-state index < -0.39 is 0 Å². The van der Waals surface area contributed by atoms with Gasteiger partial charge in [-0.05, 0) is 38.5 Å². The van der Waals surface area contributed by atoms with Crippen molar-refractivity contribution < 1.29 is 4.79 Å². The van der Waals surface area contributed by atoms with Gasteiger partial charge in [0.25, 0.3) is 0 Å². The van der Waals surface area contributed by atoms with Crippen LogP contribution in [-0.4, -0.2) is 28.7 Å². The molecule has 1 amide bonds. The van der Waals surface area contributed by atoms with Crippen LogP contribution in [0.5, 0.6) is 0 Å². The highest BCUT2D eigenvalue weighted by Gasteiger charge is 2.31. The molecule has 2 nitrogen and oxygen atoms in total. The summed E-state index contributed by atoms with van der Waals surface area (Å²) in [7, 11) is 0. The molecule has 1 heterocycles. The third kappa shape index (κ3) is 3.72. The predicted octanol–water partition coefficient (Wildman–Crippen LogP) is 4.12. The first-order valence-corrected chi connectivity index (χ1v) is 8.81. The van der Waals surface area contributed by atoms with Crippen molar-refractivity contribution in [3.8, 4) is 0 Å². The lowest BCUT2D eigenvalue weighted by Gasteiger charge is -2.37. The zero-order chi connectivity index (χ0) is 12.8. The van der Waals surface area contributed by atoms with Gasteiger partial charge in [-0.1, -0.05) is 41.6 Å². The molecule has 0 aromatic rings. The molecule has 1 saturated carbocycles. The van der Waals surface area contributed by atoms with E-state index in [2.05, 4.69) is 20.8 Å². The van der Waals surface area contributed by atoms with Crippen LogP contribution in [0.2, 0.25) is 0 Å². The Morgan fingerprint density at radius 2 is 1.67 bits per heavy atom. The summed E-state index contributed by atoms with van der Waals surface area (Å²) in [5.74, 6) is 0.811. The van der Waals surface area contributed by atoms with Gasteiger partial charge in [-0.2, -0.15) is 0 Å². The average molecular weight is 316 g/mol. The summed E-state index contributed by atoms with van der Waals surface area (Å²) in [4.78, 5) is 14.9. The lowest BCUT2D eigenvalue weighted by Crippen LogP contribution is -2.46. The number of piperidine rings is 1. The number of rotatable bonds is 3. The molecular weight excluding hydrogens is 290 g/mol. The lowest BCUT2D eigenvalue weighted by atomic mass is 9.94. The number of amides is 1. The number of hydrogen-bond acceptors (Lipinski definition) is 1. The van der Waals surface area contributed by atoms with Gasteiger partial charge in [0.05, 0.1) is 0 Å². The number of alkyl halides is 1. The molecule has 0 spiro atoms. The highest BCUT2D eigenvalue weighted by Crippen LogP contribution is 2.28. The first-order valence-electron chi connectivity index (χ1n) is 7.69. The Hall–Kier alpha value is -0.0500. The fraction of sp³-hybridized carbons (Fsp3) is 0.933. The molecule has 104 valence electrons. The largest absolute Gasteiger partial charge is 0.339 e. The molecule has 2 fully saturated rings. The summed E-state index contributed by atoms with van der Waals surface area (Å²) in [5, 5.41) is 1.02. The Morgan fingerprint density at radius 3 is 2.33 bits per heavy atom. The minimum absolute atomic E-state index is 0.337. The summed E-state index contributed by atoms with van der Waals surface area (Å²) >= 11 is 3.53. The zero-order valence-electron chi connectivity index (χ0n) is 11.4. The van der Waals surface area contributed by atoms with Crippen LogP contribution in [0.4, 0.5) is 0 Å². The second kappa shape index (κ2) is 7.52. The molecule has 18 heavy (non-hydrogen) atoms. The lowest BCUT2D eigenvalue weighted by molar-refractivity contribution is -0.139. The van der Waals surface area contributed by atoms with Gasteiger partial charge >= 0.3 is 0 Å². The van der Waals surface area contributed by atoms with E-state index in [9.17, 15) is 4.79 Å². The Balaban J connectivity index is 1.95. The molecule has 1 atom stereocenters. The fourth-order valence-electron chi connectivity index (χ4n) is 3.48. The smallest absolute Gasteiger partial charge is 0.225 e. The molecule has 2 rings (SSSR count). The SMILES string of the molecule is O=C(C1CCCCCC1)N1CCCCC1CCBr. The molecular formula is C15H26BrNO. The third-order valence-electron chi connectivity index (χ3n) is 4.56. The van der Waals surface area contributed by atoms with Gasteiger partial charge in [-0.15, -0.1) is 0 Å². The number of carbonyl (C=O) groups is 1. The van der Waals surface area contributed by atoms with Crippen LogP contribution in [0.3, 0.4) is 0 Å². The van der Waals surface area contributed by atoms with Crippen molar-refractivity contribution in [3.05, 3.63) is 0 Å². The molecule has 0 radical (unpaired) electrons. The van der Waals surface area contributed by atoms with E-state index in [-0.39, 0.29) is 0 Å². The van der Waals surface area contributed by atoms with Crippen LogP contribution in [0.1, 0.15) is 64.2 Å². The van der Waals surface area contributed by atoms with Crippen LogP contribution < -0.4 is 0 Å². The summed E-state index contributed by atoms with van der Waals surface area (Å²) in [5.41, 5.74) is 0. The van der Waals surface area contributed by atoms with Crippen LogP contribution in [0.25, 0.3) is 0 Å². The standard InChI is InChI=1S/C15H26BrNO/c16-11-10-14-9-5-6-12-17(14)15(18)13-7-3-1-2-4-8-13/h13-14H,1-12H2. The topological polar surface area (TPSA) is 20.3 Å². The van der Waals surface area contributed by atoms with Crippen molar-refractivity contribution in [1.82, 2.24) is 4.90 Å². The minimum Gasteiger partial charge on any atom is -0.339 e. The van der Waals surface area contributed by atoms with Crippen LogP contribution in [0.15, 0.2) is 0 Å². The molecule has 1 saturated heterocycles. The number of likely N-dealkylation sites (tertiary alicyclic amines) is 1. The van der Waals surface area contributed by atoms with Gasteiger partial charge in [0.1, 0.15) is 0 Å². The second-order valence-electron chi connectivity index (χ2n) is 5.85. The second-order valence-corrected chi connectivity index (χ2v) is 6.64. The van der Waals surface area contributed by atoms with Crippen molar-refractivity contribution in [2.24, 2.45) is 5.92 Å². The Morgan fingerprint density at radius 1 is 1.00 bits per heavy atom. The van der Waals surface area contributed by atoms with Crippen LogP contribution in [-0.2, 0) is 4.79 Å². The maximum absolute atomic E-state index is 12.7. The first-order chi connectivity index (χ1) is 8.83. The van der Waals surface area contributed by atoms with Gasteiger partial charge in [0.2, 0.25) is 5.91 Å². The highest BCUT2D eigenvalue weighted by molar-refractivity contribution is 9.09. The van der Waals surface area contributed by atoms with Crippen molar-refractivity contribution >= 4 is 21.8 Å². The van der Waals surface area contributed by atoms with E-state index in [1.54, 1.807) is 0 Å². The molecule has 0 bridgehead atoms. The molecule has 1 unspecified atom stereocenters. The predicted molar refractivity (Wildman–Crippen MR) is 79.0 cm³/mol. The molecule has 2 aliphatic rings. The van der Waals surface area contributed by atoms with E-state index in [4.69, 9.17) is 0 Å². The van der Waals surface area contributed by atoms with Crippen molar-refractivity contribution in [1.29, 1.82) is 0 Å². The number of nitrogens with zero attached hydrogens (tertiary/aromatic N) is 1. The summed E-state index contributed by atoms with van der Waals surface area (Å²) in [6, 6.07) is 0.508. The number of hydrogen-bond donors (Lipinski definition) is 0. The van der Waals surface area contributed by atoms with Gasteiger partial charge in [-0.3, -0.25) is 4.79 Å². The van der Waals surface area contributed by atoms with Crippen molar-refractivity contribution in [2.45, 2.75) is 70.3 Å². The van der Waals surface area contributed by atoms with Gasteiger partial charge in [0, 0.05) is 23.8 Å². The molecule has 1 aliphatic carbocycles. The van der Waals surface area contributed by atoms with E-state index in [0.717, 1.165) is 31.1 Å². The molecule has 3 heteroatoms. The Kier molecular flexibility index (Phi) is 6.00. The number of halogens is 1. The molecule has 0 aromatic heterocycles. The normalized spacial score (nSPS) is 26.9. The van der Waals surface area contributed by atoms with Crippen LogP contribution >= 0.6 is 15.9 Å². The maximum Gasteiger partial charge on any atom is 0.225 e. The Labute approximate surface area is 120 Å². The van der Waals surface area contributed by atoms with Crippen LogP contribution in [0, 0.1) is 5.92 Å². The summed E-state index contributed by atoms with van der Waals surface area (Å²) in [6.45, 7) is 1.01. The summed E-state index contributed by atoms with van der Waals surface area (Å²) in [6.07, 6.45) is 12.3. The Bertz CT molecular complexity index is 259. The molecule has 0 N–H and O–H groups in total. The third-order valence-corrected chi connectivity index (χ3v) is 5.01. The van der Waals surface area contributed by atoms with Gasteiger partial charge < -0.3 is 4.90 Å². The zero-order valence-corrected chi connectivity index (χ0v) is 13.0. The number of carbonyl (C=O) groups excluding carboxylic acids is 1. The average Bonchev–Trinajstić information content (AvgIpc) is 2.68. The molecule has 1 aliphatic heterocycles. The van der Waals surface area contributed by atoms with Crippen molar-refractivity contribution in [3.63, 3.8) is 0 Å². The monoisotopic (exact) mass is 315 g/mol. The van der Waals surface area contributed by atoms with E-state index in [1.807, 2.05) is 0 Å². The van der Waals surface area contributed by atoms with Gasteiger partial charge in [-0.25, -0.2) is 0 Å². The van der Waals surface area contributed by atoms with E-state index >= 15 is 0 Å². The molecule has 0 aromatic carbocycles. The minimum atomic E-state index is 0.337. The fourth-order valence-corrected chi connectivity index (χ4v) is 4.01. The quantitative estimate of drug-likeness (QED) is 0.566. The first kappa shape index (κ1) is 14.4. The van der Waals surface area contributed by atoms with E-state index in [1.165, 1.54) is 44.9 Å². The van der Waals surface area contributed by atoms with Gasteiger partial charge in [0.15, 0.2) is 0 Å². The summed E-state index contributed by atoms with van der Waals surface area (Å²) < 4.78 is 0. The maximum atomic E-state index is 12.7. The van der Waals surface area contributed by atoms with Crippen molar-refractivity contribution in [2.75, 3.05) is 11.9 Å².